The molecular weight excluding hydrogens is 534 g/mol. The van der Waals surface area contributed by atoms with Crippen LogP contribution in [0.2, 0.25) is 0 Å². The molecule has 44 heavy (non-hydrogen) atoms. The Morgan fingerprint density at radius 3 is 1.59 bits per heavy atom. The smallest absolute Gasteiger partial charge is 0.164 e. The van der Waals surface area contributed by atoms with Crippen molar-refractivity contribution in [3.8, 4) is 45.3 Å². The molecule has 0 radical (unpaired) electrons. The predicted molar refractivity (Wildman–Crippen MR) is 183 cm³/mol. The molecule has 0 saturated heterocycles. The van der Waals surface area contributed by atoms with E-state index in [2.05, 4.69) is 119 Å². The number of rotatable bonds is 3. The van der Waals surface area contributed by atoms with Crippen molar-refractivity contribution in [2.45, 2.75) is 38.5 Å². The van der Waals surface area contributed by atoms with Gasteiger partial charge in [0.2, 0.25) is 0 Å². The monoisotopic (exact) mass is 567 g/mol. The first-order valence-corrected chi connectivity index (χ1v) is 15.3. The third-order valence-corrected chi connectivity index (χ3v) is 10.1. The summed E-state index contributed by atoms with van der Waals surface area (Å²) in [5.74, 6) is 2.02. The van der Waals surface area contributed by atoms with Crippen LogP contribution in [0.5, 0.6) is 0 Å². The van der Waals surface area contributed by atoms with Crippen molar-refractivity contribution < 1.29 is 0 Å². The first-order chi connectivity index (χ1) is 21.3. The van der Waals surface area contributed by atoms with E-state index >= 15 is 0 Å². The van der Waals surface area contributed by atoms with E-state index in [9.17, 15) is 0 Å². The molecule has 0 atom stereocenters. The van der Waals surface area contributed by atoms with Crippen LogP contribution >= 0.6 is 0 Å². The van der Waals surface area contributed by atoms with Gasteiger partial charge in [-0.05, 0) is 60.7 Å². The largest absolute Gasteiger partial charge is 0.208 e. The second kappa shape index (κ2) is 9.68. The second-order valence-corrected chi connectivity index (χ2v) is 12.9. The molecule has 1 aliphatic rings. The van der Waals surface area contributed by atoms with Crippen LogP contribution in [0.1, 0.15) is 38.8 Å². The third-order valence-electron chi connectivity index (χ3n) is 10.1. The van der Waals surface area contributed by atoms with Crippen molar-refractivity contribution in [3.05, 3.63) is 139 Å². The summed E-state index contributed by atoms with van der Waals surface area (Å²) in [6.45, 7) is 9.53. The summed E-state index contributed by atoms with van der Waals surface area (Å²) in [4.78, 5) is 15.0. The van der Waals surface area contributed by atoms with Gasteiger partial charge in [0.25, 0.3) is 0 Å². The van der Waals surface area contributed by atoms with Gasteiger partial charge in [0.15, 0.2) is 17.5 Å². The molecule has 3 heteroatoms. The molecule has 0 amide bonds. The molecule has 0 saturated carbocycles. The Balaban J connectivity index is 1.40. The summed E-state index contributed by atoms with van der Waals surface area (Å²) < 4.78 is 0. The maximum Gasteiger partial charge on any atom is 0.164 e. The molecule has 7 aromatic rings. The first-order valence-electron chi connectivity index (χ1n) is 15.3. The Morgan fingerprint density at radius 2 is 0.932 bits per heavy atom. The van der Waals surface area contributed by atoms with E-state index in [4.69, 9.17) is 15.0 Å². The van der Waals surface area contributed by atoms with E-state index in [0.29, 0.717) is 17.5 Å². The van der Waals surface area contributed by atoms with E-state index in [0.717, 1.165) is 16.7 Å². The zero-order valence-electron chi connectivity index (χ0n) is 25.5. The Hall–Kier alpha value is -5.15. The Labute approximate surface area is 258 Å². The zero-order valence-corrected chi connectivity index (χ0v) is 25.5. The summed E-state index contributed by atoms with van der Waals surface area (Å²) in [5, 5.41) is 5.11. The number of fused-ring (bicyclic) bond motifs is 7. The molecule has 3 nitrogen and oxygen atoms in total. The van der Waals surface area contributed by atoms with Crippen molar-refractivity contribution in [2.75, 3.05) is 0 Å². The van der Waals surface area contributed by atoms with Gasteiger partial charge < -0.3 is 0 Å². The van der Waals surface area contributed by atoms with Gasteiger partial charge >= 0.3 is 0 Å². The average molecular weight is 568 g/mol. The van der Waals surface area contributed by atoms with Gasteiger partial charge in [0.05, 0.1) is 0 Å². The second-order valence-electron chi connectivity index (χ2n) is 12.9. The first kappa shape index (κ1) is 26.5. The number of hydrogen-bond acceptors (Lipinski definition) is 3. The summed E-state index contributed by atoms with van der Waals surface area (Å²) in [6, 6.07) is 45.1. The van der Waals surface area contributed by atoms with Crippen LogP contribution in [0.3, 0.4) is 0 Å². The van der Waals surface area contributed by atoms with E-state index in [1.54, 1.807) is 0 Å². The lowest BCUT2D eigenvalue weighted by molar-refractivity contribution is 0.299. The topological polar surface area (TPSA) is 38.7 Å². The van der Waals surface area contributed by atoms with E-state index in [-0.39, 0.29) is 10.8 Å². The highest BCUT2D eigenvalue weighted by Gasteiger charge is 2.46. The summed E-state index contributed by atoms with van der Waals surface area (Å²) in [7, 11) is 0. The lowest BCUT2D eigenvalue weighted by atomic mass is 9.55. The minimum atomic E-state index is -0.0954. The Morgan fingerprint density at radius 1 is 0.409 bits per heavy atom. The zero-order chi connectivity index (χ0) is 30.1. The van der Waals surface area contributed by atoms with Gasteiger partial charge in [-0.3, -0.25) is 0 Å². The molecule has 1 aliphatic carbocycles. The lowest BCUT2D eigenvalue weighted by Crippen LogP contribution is -2.43. The van der Waals surface area contributed by atoms with Crippen molar-refractivity contribution in [1.82, 2.24) is 15.0 Å². The van der Waals surface area contributed by atoms with Crippen LogP contribution in [-0.2, 0) is 10.8 Å². The maximum atomic E-state index is 5.05. The van der Waals surface area contributed by atoms with Gasteiger partial charge in [-0.1, -0.05) is 149 Å². The number of nitrogens with zero attached hydrogens (tertiary/aromatic N) is 3. The molecule has 212 valence electrons. The molecular formula is C41H33N3. The van der Waals surface area contributed by atoms with Crippen LogP contribution in [0.4, 0.5) is 0 Å². The van der Waals surface area contributed by atoms with Crippen molar-refractivity contribution >= 4 is 21.5 Å². The van der Waals surface area contributed by atoms with E-state index < -0.39 is 0 Å². The number of aromatic nitrogens is 3. The van der Waals surface area contributed by atoms with Crippen molar-refractivity contribution in [2.24, 2.45) is 0 Å². The molecule has 0 N–H and O–H groups in total. The minimum absolute atomic E-state index is 0.0786. The SMILES string of the molecule is CC1(C)c2ccc(-c3nc(-c4ccccc4)nc(-c4ccccc4)n3)cc2-c2c(ccc3c2ccc2ccccc23)C1(C)C. The Bertz CT molecular complexity index is 2160. The molecule has 6 aromatic carbocycles. The number of benzene rings is 6. The standard InChI is InChI=1S/C41H33N3/c1-40(2)34-23-20-29(39-43-37(27-14-7-5-8-15-27)42-38(44-39)28-16-9-6-10-17-28)25-33(34)36-32-21-19-26-13-11-12-18-30(26)31(32)22-24-35(36)41(40,3)4/h5-25H,1-4H3. The highest BCUT2D eigenvalue weighted by Crippen LogP contribution is 2.56. The van der Waals surface area contributed by atoms with Gasteiger partial charge in [-0.25, -0.2) is 15.0 Å². The third kappa shape index (κ3) is 3.92. The van der Waals surface area contributed by atoms with Crippen LogP contribution in [0.25, 0.3) is 66.8 Å². The van der Waals surface area contributed by atoms with E-state index in [1.807, 2.05) is 36.4 Å². The maximum absolute atomic E-state index is 5.05. The summed E-state index contributed by atoms with van der Waals surface area (Å²) >= 11 is 0. The molecule has 1 heterocycles. The fourth-order valence-corrected chi connectivity index (χ4v) is 6.95. The van der Waals surface area contributed by atoms with Crippen LogP contribution in [-0.4, -0.2) is 15.0 Å². The van der Waals surface area contributed by atoms with Gasteiger partial charge in [-0.15, -0.1) is 0 Å². The van der Waals surface area contributed by atoms with Gasteiger partial charge in [0, 0.05) is 16.7 Å². The van der Waals surface area contributed by atoms with Crippen molar-refractivity contribution in [3.63, 3.8) is 0 Å². The number of hydrogen-bond donors (Lipinski definition) is 0. The molecule has 0 unspecified atom stereocenters. The molecule has 0 fully saturated rings. The average Bonchev–Trinajstić information content (AvgIpc) is 3.07. The van der Waals surface area contributed by atoms with Crippen LogP contribution in [0, 0.1) is 0 Å². The molecule has 8 rings (SSSR count). The van der Waals surface area contributed by atoms with Crippen molar-refractivity contribution in [1.29, 1.82) is 0 Å². The minimum Gasteiger partial charge on any atom is -0.208 e. The van der Waals surface area contributed by atoms with Gasteiger partial charge in [0.1, 0.15) is 0 Å². The van der Waals surface area contributed by atoms with Crippen LogP contribution < -0.4 is 0 Å². The van der Waals surface area contributed by atoms with Crippen LogP contribution in [0.15, 0.2) is 127 Å². The molecule has 0 aliphatic heterocycles. The highest BCUT2D eigenvalue weighted by molar-refractivity contribution is 6.13. The Kier molecular flexibility index (Phi) is 5.83. The lowest BCUT2D eigenvalue weighted by Gasteiger charge is -2.48. The quantitative estimate of drug-likeness (QED) is 0.199. The predicted octanol–water partition coefficient (Wildman–Crippen LogP) is 10.4. The summed E-state index contributed by atoms with van der Waals surface area (Å²) in [5.41, 5.74) is 8.04. The summed E-state index contributed by atoms with van der Waals surface area (Å²) in [6.07, 6.45) is 0. The molecule has 0 bridgehead atoms. The fraction of sp³-hybridized carbons (Fsp3) is 0.146. The highest BCUT2D eigenvalue weighted by atomic mass is 15.0. The fourth-order valence-electron chi connectivity index (χ4n) is 6.95. The molecule has 0 spiro atoms. The molecule has 1 aromatic heterocycles. The van der Waals surface area contributed by atoms with E-state index in [1.165, 1.54) is 43.8 Å². The van der Waals surface area contributed by atoms with Gasteiger partial charge in [-0.2, -0.15) is 0 Å². The normalized spacial score (nSPS) is 14.7.